The van der Waals surface area contributed by atoms with Crippen LogP contribution >= 0.6 is 0 Å². The highest BCUT2D eigenvalue weighted by Gasteiger charge is 2.38. The summed E-state index contributed by atoms with van der Waals surface area (Å²) in [5.74, 6) is 1.45. The summed E-state index contributed by atoms with van der Waals surface area (Å²) < 4.78 is 0. The van der Waals surface area contributed by atoms with Gasteiger partial charge in [0.1, 0.15) is 5.82 Å². The van der Waals surface area contributed by atoms with Gasteiger partial charge in [0, 0.05) is 50.5 Å². The fraction of sp³-hybridized carbons (Fsp3) is 0.722. The van der Waals surface area contributed by atoms with E-state index in [1.54, 1.807) is 6.92 Å². The minimum atomic E-state index is -0.202. The molecule has 5 rings (SSSR count). The van der Waals surface area contributed by atoms with Crippen LogP contribution in [0.15, 0.2) is 11.0 Å². The van der Waals surface area contributed by atoms with Crippen LogP contribution in [0.3, 0.4) is 0 Å². The Hall–Kier alpha value is -1.73. The fourth-order valence-electron chi connectivity index (χ4n) is 4.56. The molecular formula is C18H27N5O2. The highest BCUT2D eigenvalue weighted by molar-refractivity contribution is 5.78. The summed E-state index contributed by atoms with van der Waals surface area (Å²) in [6.07, 6.45) is 4.32. The molecule has 0 aromatic carbocycles. The van der Waals surface area contributed by atoms with E-state index in [2.05, 4.69) is 19.8 Å². The van der Waals surface area contributed by atoms with Gasteiger partial charge in [-0.25, -0.2) is 4.98 Å². The zero-order chi connectivity index (χ0) is 17.4. The van der Waals surface area contributed by atoms with Crippen molar-refractivity contribution in [3.8, 4) is 0 Å². The van der Waals surface area contributed by atoms with Crippen LogP contribution in [0.4, 0.5) is 0 Å². The zero-order valence-electron chi connectivity index (χ0n) is 14.9. The average molecular weight is 345 g/mol. The smallest absolute Gasteiger partial charge is 0.254 e. The first kappa shape index (κ1) is 16.7. The maximum atomic E-state index is 12.5. The van der Waals surface area contributed by atoms with Crippen molar-refractivity contribution >= 4 is 5.91 Å². The van der Waals surface area contributed by atoms with E-state index in [0.717, 1.165) is 32.1 Å². The molecule has 7 heteroatoms. The maximum absolute atomic E-state index is 12.5. The third kappa shape index (κ3) is 3.48. The number of amides is 1. The SMILES string of the molecule is Cc1ncc(CC(=O)N2CCN([C@@H]3CN4CCC3CC4)CC2)c(=O)[nH]1. The predicted octanol–water partition coefficient (Wildman–Crippen LogP) is -0.141. The molecule has 4 aliphatic rings. The molecule has 1 atom stereocenters. The first-order chi connectivity index (χ1) is 12.1. The van der Waals surface area contributed by atoms with Gasteiger partial charge in [-0.05, 0) is 38.8 Å². The van der Waals surface area contributed by atoms with Gasteiger partial charge in [-0.15, -0.1) is 0 Å². The lowest BCUT2D eigenvalue weighted by atomic mass is 9.83. The van der Waals surface area contributed by atoms with E-state index in [0.29, 0.717) is 17.4 Å². The standard InChI is InChI=1S/C18H27N5O2/c1-13-19-11-15(18(25)20-13)10-17(24)23-8-6-22(7-9-23)16-12-21-4-2-14(16)3-5-21/h11,14,16H,2-10,12H2,1H3,(H,19,20,25)/t16-/m1/s1. The molecule has 25 heavy (non-hydrogen) atoms. The summed E-state index contributed by atoms with van der Waals surface area (Å²) in [4.78, 5) is 38.3. The molecule has 0 saturated carbocycles. The number of H-pyrrole nitrogens is 1. The number of hydrogen-bond acceptors (Lipinski definition) is 5. The quantitative estimate of drug-likeness (QED) is 0.826. The first-order valence-electron chi connectivity index (χ1n) is 9.39. The van der Waals surface area contributed by atoms with Crippen LogP contribution < -0.4 is 5.56 Å². The first-order valence-corrected chi connectivity index (χ1v) is 9.39. The van der Waals surface area contributed by atoms with Gasteiger partial charge in [0.15, 0.2) is 0 Å². The molecule has 1 N–H and O–H groups in total. The van der Waals surface area contributed by atoms with Gasteiger partial charge in [0.05, 0.1) is 6.42 Å². The fourth-order valence-corrected chi connectivity index (χ4v) is 4.56. The van der Waals surface area contributed by atoms with Crippen LogP contribution in [0.1, 0.15) is 24.2 Å². The Kier molecular flexibility index (Phi) is 4.60. The topological polar surface area (TPSA) is 72.5 Å². The molecular weight excluding hydrogens is 318 g/mol. The monoisotopic (exact) mass is 345 g/mol. The summed E-state index contributed by atoms with van der Waals surface area (Å²) in [5, 5.41) is 0. The molecule has 0 radical (unpaired) electrons. The molecule has 7 nitrogen and oxygen atoms in total. The second-order valence-corrected chi connectivity index (χ2v) is 7.62. The molecule has 1 amide bonds. The molecule has 2 bridgehead atoms. The molecule has 0 unspecified atom stereocenters. The van der Waals surface area contributed by atoms with E-state index >= 15 is 0 Å². The number of nitrogens with one attached hydrogen (secondary N) is 1. The van der Waals surface area contributed by atoms with E-state index in [4.69, 9.17) is 0 Å². The molecule has 4 aliphatic heterocycles. The van der Waals surface area contributed by atoms with E-state index in [1.165, 1.54) is 38.7 Å². The van der Waals surface area contributed by atoms with Crippen LogP contribution in [0.25, 0.3) is 0 Å². The van der Waals surface area contributed by atoms with Gasteiger partial charge >= 0.3 is 0 Å². The van der Waals surface area contributed by atoms with E-state index in [9.17, 15) is 9.59 Å². The van der Waals surface area contributed by atoms with Gasteiger partial charge in [-0.2, -0.15) is 0 Å². The molecule has 4 fully saturated rings. The number of carbonyl (C=O) groups excluding carboxylic acids is 1. The Morgan fingerprint density at radius 3 is 2.52 bits per heavy atom. The normalized spacial score (nSPS) is 29.8. The molecule has 1 aromatic heterocycles. The van der Waals surface area contributed by atoms with Gasteiger partial charge in [0.25, 0.3) is 5.56 Å². The Bertz CT molecular complexity index is 687. The molecule has 1 aromatic rings. The molecule has 5 heterocycles. The largest absolute Gasteiger partial charge is 0.340 e. The van der Waals surface area contributed by atoms with E-state index in [-0.39, 0.29) is 17.9 Å². The number of piperazine rings is 1. The van der Waals surface area contributed by atoms with Crippen molar-refractivity contribution < 1.29 is 4.79 Å². The van der Waals surface area contributed by atoms with E-state index < -0.39 is 0 Å². The van der Waals surface area contributed by atoms with Crippen molar-refractivity contribution in [2.45, 2.75) is 32.2 Å². The minimum Gasteiger partial charge on any atom is -0.340 e. The summed E-state index contributed by atoms with van der Waals surface area (Å²) in [5.41, 5.74) is 0.252. The van der Waals surface area contributed by atoms with Crippen molar-refractivity contribution in [3.63, 3.8) is 0 Å². The van der Waals surface area contributed by atoms with Crippen LogP contribution in [0.5, 0.6) is 0 Å². The van der Waals surface area contributed by atoms with Gasteiger partial charge in [-0.1, -0.05) is 0 Å². The second kappa shape index (κ2) is 6.88. The number of aromatic amines is 1. The van der Waals surface area contributed by atoms with Gasteiger partial charge in [-0.3, -0.25) is 14.5 Å². The molecule has 136 valence electrons. The van der Waals surface area contributed by atoms with Gasteiger partial charge in [0.2, 0.25) is 5.91 Å². The number of nitrogens with zero attached hydrogens (tertiary/aromatic N) is 4. The van der Waals surface area contributed by atoms with Crippen molar-refractivity contribution in [3.05, 3.63) is 27.9 Å². The lowest BCUT2D eigenvalue weighted by Gasteiger charge is -2.51. The van der Waals surface area contributed by atoms with Crippen LogP contribution in [-0.4, -0.2) is 82.4 Å². The Morgan fingerprint density at radius 2 is 1.92 bits per heavy atom. The molecule has 4 saturated heterocycles. The molecule has 0 spiro atoms. The lowest BCUT2D eigenvalue weighted by Crippen LogP contribution is -2.61. The van der Waals surface area contributed by atoms with Gasteiger partial charge < -0.3 is 14.8 Å². The Morgan fingerprint density at radius 1 is 1.20 bits per heavy atom. The summed E-state index contributed by atoms with van der Waals surface area (Å²) in [7, 11) is 0. The van der Waals surface area contributed by atoms with Crippen LogP contribution in [0.2, 0.25) is 0 Å². The summed E-state index contributed by atoms with van der Waals surface area (Å²) in [6, 6.07) is 0.670. The third-order valence-electron chi connectivity index (χ3n) is 6.10. The van der Waals surface area contributed by atoms with E-state index in [1.807, 2.05) is 4.90 Å². The van der Waals surface area contributed by atoms with Crippen molar-refractivity contribution in [1.29, 1.82) is 0 Å². The number of piperidine rings is 3. The third-order valence-corrected chi connectivity index (χ3v) is 6.10. The highest BCUT2D eigenvalue weighted by Crippen LogP contribution is 2.31. The number of aromatic nitrogens is 2. The maximum Gasteiger partial charge on any atom is 0.254 e. The van der Waals surface area contributed by atoms with Crippen LogP contribution in [-0.2, 0) is 11.2 Å². The highest BCUT2D eigenvalue weighted by atomic mass is 16.2. The second-order valence-electron chi connectivity index (χ2n) is 7.62. The Balaban J connectivity index is 1.32. The summed E-state index contributed by atoms with van der Waals surface area (Å²) in [6.45, 7) is 8.88. The number of rotatable bonds is 3. The van der Waals surface area contributed by atoms with Crippen molar-refractivity contribution in [1.82, 2.24) is 24.7 Å². The van der Waals surface area contributed by atoms with Crippen LogP contribution in [0, 0.1) is 12.8 Å². The molecule has 0 aliphatic carbocycles. The van der Waals surface area contributed by atoms with Crippen molar-refractivity contribution in [2.75, 3.05) is 45.8 Å². The average Bonchev–Trinajstić information content (AvgIpc) is 2.65. The van der Waals surface area contributed by atoms with Crippen molar-refractivity contribution in [2.24, 2.45) is 5.92 Å². The number of aryl methyl sites for hydroxylation is 1. The lowest BCUT2D eigenvalue weighted by molar-refractivity contribution is -0.133. The number of hydrogen-bond donors (Lipinski definition) is 1. The number of fused-ring (bicyclic) bond motifs is 3. The predicted molar refractivity (Wildman–Crippen MR) is 94.4 cm³/mol. The minimum absolute atomic E-state index is 0.0321. The Labute approximate surface area is 148 Å². The zero-order valence-corrected chi connectivity index (χ0v) is 14.9. The number of carbonyl (C=O) groups is 1. The summed E-state index contributed by atoms with van der Waals surface area (Å²) >= 11 is 0.